The molecule has 0 saturated heterocycles. The highest BCUT2D eigenvalue weighted by atomic mass is 16.5. The van der Waals surface area contributed by atoms with Gasteiger partial charge in [0.1, 0.15) is 0 Å². The van der Waals surface area contributed by atoms with E-state index in [1.807, 2.05) is 0 Å². The lowest BCUT2D eigenvalue weighted by atomic mass is 9.96. The van der Waals surface area contributed by atoms with E-state index in [2.05, 4.69) is 12.2 Å². The van der Waals surface area contributed by atoms with Crippen LogP contribution in [0, 0.1) is 0 Å². The second-order valence-corrected chi connectivity index (χ2v) is 4.87. The minimum absolute atomic E-state index is 0.732. The summed E-state index contributed by atoms with van der Waals surface area (Å²) in [5.74, 6) is 0. The van der Waals surface area contributed by atoms with Crippen molar-refractivity contribution < 1.29 is 9.47 Å². The highest BCUT2D eigenvalue weighted by Gasteiger charge is 2.11. The minimum Gasteiger partial charge on any atom is -0.379 e. The van der Waals surface area contributed by atoms with Crippen molar-refractivity contribution in [3.05, 3.63) is 0 Å². The van der Waals surface area contributed by atoms with Crippen LogP contribution in [-0.2, 0) is 9.47 Å². The third kappa shape index (κ3) is 8.58. The molecule has 0 aromatic heterocycles. The second-order valence-electron chi connectivity index (χ2n) is 4.87. The van der Waals surface area contributed by atoms with Crippen LogP contribution < -0.4 is 5.32 Å². The normalized spacial score (nSPS) is 17.5. The zero-order valence-electron chi connectivity index (χ0n) is 11.4. The summed E-state index contributed by atoms with van der Waals surface area (Å²) >= 11 is 0. The summed E-state index contributed by atoms with van der Waals surface area (Å²) in [5.41, 5.74) is 0. The van der Waals surface area contributed by atoms with Crippen molar-refractivity contribution in [3.63, 3.8) is 0 Å². The molecule has 0 bridgehead atoms. The first-order valence-corrected chi connectivity index (χ1v) is 7.32. The predicted molar refractivity (Wildman–Crippen MR) is 71.4 cm³/mol. The van der Waals surface area contributed by atoms with Gasteiger partial charge in [-0.25, -0.2) is 0 Å². The fraction of sp³-hybridized carbons (Fsp3) is 1.00. The van der Waals surface area contributed by atoms with E-state index < -0.39 is 0 Å². The Hall–Kier alpha value is -0.120. The van der Waals surface area contributed by atoms with E-state index in [0.29, 0.717) is 0 Å². The molecule has 3 heteroatoms. The summed E-state index contributed by atoms with van der Waals surface area (Å²) < 4.78 is 10.9. The summed E-state index contributed by atoms with van der Waals surface area (Å²) in [5, 5.41) is 3.57. The SMILES string of the molecule is CCCCOCCOCCNC1CCCCC1. The third-order valence-corrected chi connectivity index (χ3v) is 3.30. The van der Waals surface area contributed by atoms with Gasteiger partial charge < -0.3 is 14.8 Å². The molecule has 0 aromatic rings. The van der Waals surface area contributed by atoms with Crippen molar-refractivity contribution in [3.8, 4) is 0 Å². The molecule has 1 rings (SSSR count). The lowest BCUT2D eigenvalue weighted by Crippen LogP contribution is -2.33. The molecule has 1 aliphatic rings. The highest BCUT2D eigenvalue weighted by molar-refractivity contribution is 4.71. The number of unbranched alkanes of at least 4 members (excludes halogenated alkanes) is 1. The van der Waals surface area contributed by atoms with E-state index in [4.69, 9.17) is 9.47 Å². The Balaban J connectivity index is 1.75. The first-order valence-electron chi connectivity index (χ1n) is 7.32. The van der Waals surface area contributed by atoms with Gasteiger partial charge in [-0.2, -0.15) is 0 Å². The maximum Gasteiger partial charge on any atom is 0.0701 e. The molecule has 0 aliphatic heterocycles. The first-order chi connectivity index (χ1) is 8.43. The molecule has 1 fully saturated rings. The molecule has 102 valence electrons. The Labute approximate surface area is 106 Å². The average molecular weight is 243 g/mol. The van der Waals surface area contributed by atoms with Crippen LogP contribution in [0.15, 0.2) is 0 Å². The summed E-state index contributed by atoms with van der Waals surface area (Å²) in [6.45, 7) is 6.32. The minimum atomic E-state index is 0.732. The summed E-state index contributed by atoms with van der Waals surface area (Å²) in [6, 6.07) is 0.744. The molecule has 0 heterocycles. The Morgan fingerprint density at radius 1 is 0.941 bits per heavy atom. The topological polar surface area (TPSA) is 30.5 Å². The van der Waals surface area contributed by atoms with Crippen LogP contribution in [0.5, 0.6) is 0 Å². The van der Waals surface area contributed by atoms with Gasteiger partial charge >= 0.3 is 0 Å². The smallest absolute Gasteiger partial charge is 0.0701 e. The standard InChI is InChI=1S/C14H29NO2/c1-2-3-10-16-12-13-17-11-9-15-14-7-5-4-6-8-14/h14-15H,2-13H2,1H3. The molecular formula is C14H29NO2. The predicted octanol–water partition coefficient (Wildman–Crippen LogP) is 2.74. The molecule has 1 saturated carbocycles. The lowest BCUT2D eigenvalue weighted by molar-refractivity contribution is 0.0469. The molecule has 0 amide bonds. The van der Waals surface area contributed by atoms with Gasteiger partial charge in [0.15, 0.2) is 0 Å². The van der Waals surface area contributed by atoms with Crippen LogP contribution in [0.3, 0.4) is 0 Å². The molecule has 0 radical (unpaired) electrons. The molecule has 17 heavy (non-hydrogen) atoms. The fourth-order valence-corrected chi connectivity index (χ4v) is 2.21. The van der Waals surface area contributed by atoms with Crippen LogP contribution in [0.1, 0.15) is 51.9 Å². The average Bonchev–Trinajstić information content (AvgIpc) is 2.38. The second kappa shape index (κ2) is 11.0. The zero-order chi connectivity index (χ0) is 12.2. The first kappa shape index (κ1) is 14.9. The molecular weight excluding hydrogens is 214 g/mol. The van der Waals surface area contributed by atoms with Crippen LogP contribution in [-0.4, -0.2) is 39.0 Å². The van der Waals surface area contributed by atoms with Crippen molar-refractivity contribution in [1.29, 1.82) is 0 Å². The third-order valence-electron chi connectivity index (χ3n) is 3.30. The largest absolute Gasteiger partial charge is 0.379 e. The summed E-state index contributed by atoms with van der Waals surface area (Å²) in [7, 11) is 0. The Morgan fingerprint density at radius 3 is 2.35 bits per heavy atom. The maximum absolute atomic E-state index is 5.52. The van der Waals surface area contributed by atoms with E-state index in [-0.39, 0.29) is 0 Å². The van der Waals surface area contributed by atoms with E-state index in [1.165, 1.54) is 38.5 Å². The van der Waals surface area contributed by atoms with Crippen molar-refractivity contribution >= 4 is 0 Å². The van der Waals surface area contributed by atoms with Gasteiger partial charge in [0.25, 0.3) is 0 Å². The Kier molecular flexibility index (Phi) is 9.66. The van der Waals surface area contributed by atoms with E-state index in [9.17, 15) is 0 Å². The Bertz CT molecular complexity index is 158. The number of hydrogen-bond acceptors (Lipinski definition) is 3. The van der Waals surface area contributed by atoms with Crippen LogP contribution in [0.2, 0.25) is 0 Å². The van der Waals surface area contributed by atoms with Crippen molar-refractivity contribution in [1.82, 2.24) is 5.32 Å². The van der Waals surface area contributed by atoms with Gasteiger partial charge in [-0.3, -0.25) is 0 Å². The fourth-order valence-electron chi connectivity index (χ4n) is 2.21. The molecule has 1 N–H and O–H groups in total. The van der Waals surface area contributed by atoms with Crippen LogP contribution in [0.4, 0.5) is 0 Å². The quantitative estimate of drug-likeness (QED) is 0.598. The molecule has 0 aromatic carbocycles. The van der Waals surface area contributed by atoms with Gasteiger partial charge in [0, 0.05) is 19.2 Å². The molecule has 1 aliphatic carbocycles. The van der Waals surface area contributed by atoms with Gasteiger partial charge in [-0.05, 0) is 19.3 Å². The highest BCUT2D eigenvalue weighted by Crippen LogP contribution is 2.16. The number of nitrogens with one attached hydrogen (secondary N) is 1. The van der Waals surface area contributed by atoms with Crippen molar-refractivity contribution in [2.45, 2.75) is 57.9 Å². The number of ether oxygens (including phenoxy) is 2. The van der Waals surface area contributed by atoms with E-state index >= 15 is 0 Å². The van der Waals surface area contributed by atoms with E-state index in [1.54, 1.807) is 0 Å². The Morgan fingerprint density at radius 2 is 1.65 bits per heavy atom. The summed E-state index contributed by atoms with van der Waals surface area (Å²) in [4.78, 5) is 0. The molecule has 0 atom stereocenters. The molecule has 3 nitrogen and oxygen atoms in total. The molecule has 0 spiro atoms. The number of hydrogen-bond donors (Lipinski definition) is 1. The van der Waals surface area contributed by atoms with Crippen LogP contribution >= 0.6 is 0 Å². The van der Waals surface area contributed by atoms with E-state index in [0.717, 1.165) is 45.4 Å². The van der Waals surface area contributed by atoms with Gasteiger partial charge in [-0.15, -0.1) is 0 Å². The van der Waals surface area contributed by atoms with Crippen molar-refractivity contribution in [2.24, 2.45) is 0 Å². The van der Waals surface area contributed by atoms with Gasteiger partial charge in [0.2, 0.25) is 0 Å². The van der Waals surface area contributed by atoms with Gasteiger partial charge in [-0.1, -0.05) is 32.6 Å². The maximum atomic E-state index is 5.52. The monoisotopic (exact) mass is 243 g/mol. The number of rotatable bonds is 10. The van der Waals surface area contributed by atoms with Crippen molar-refractivity contribution in [2.75, 3.05) is 33.0 Å². The van der Waals surface area contributed by atoms with Gasteiger partial charge in [0.05, 0.1) is 19.8 Å². The zero-order valence-corrected chi connectivity index (χ0v) is 11.4. The summed E-state index contributed by atoms with van der Waals surface area (Å²) in [6.07, 6.45) is 9.26. The van der Waals surface area contributed by atoms with Crippen LogP contribution in [0.25, 0.3) is 0 Å². The molecule has 0 unspecified atom stereocenters. The lowest BCUT2D eigenvalue weighted by Gasteiger charge is -2.22.